The van der Waals surface area contributed by atoms with Crippen LogP contribution in [0.5, 0.6) is 5.75 Å². The van der Waals surface area contributed by atoms with Gasteiger partial charge in [-0.1, -0.05) is 6.07 Å². The van der Waals surface area contributed by atoms with Crippen molar-refractivity contribution in [3.8, 4) is 5.75 Å². The summed E-state index contributed by atoms with van der Waals surface area (Å²) in [6.45, 7) is 4.71. The summed E-state index contributed by atoms with van der Waals surface area (Å²) in [5.74, 6) is -0.430. The summed E-state index contributed by atoms with van der Waals surface area (Å²) >= 11 is 0. The van der Waals surface area contributed by atoms with Gasteiger partial charge in [0.05, 0.1) is 5.56 Å². The van der Waals surface area contributed by atoms with Crippen LogP contribution >= 0.6 is 0 Å². The Bertz CT molecular complexity index is 708. The highest BCUT2D eigenvalue weighted by atomic mass is 32.2. The first-order chi connectivity index (χ1) is 9.41. The fourth-order valence-corrected chi connectivity index (χ4v) is 2.13. The summed E-state index contributed by atoms with van der Waals surface area (Å²) in [4.78, 5) is 3.78. The fraction of sp³-hybridized carbons (Fsp3) is 0.417. The number of hydrogen-bond donors (Lipinski definition) is 0. The maximum absolute atomic E-state index is 12.4. The van der Waals surface area contributed by atoms with Crippen molar-refractivity contribution in [2.45, 2.75) is 32.0 Å². The molecule has 0 aromatic heterocycles. The molecule has 0 bridgehead atoms. The molecule has 0 saturated carbocycles. The average Bonchev–Trinajstić information content (AvgIpc) is 2.24. The van der Waals surface area contributed by atoms with Crippen LogP contribution in [0.15, 0.2) is 23.2 Å². The van der Waals surface area contributed by atoms with E-state index in [9.17, 15) is 21.6 Å². The summed E-state index contributed by atoms with van der Waals surface area (Å²) in [6.07, 6.45) is 0. The molecular formula is C12H12F3NO4S. The summed E-state index contributed by atoms with van der Waals surface area (Å²) in [5.41, 5.74) is -5.92. The van der Waals surface area contributed by atoms with E-state index in [2.05, 4.69) is 9.18 Å². The van der Waals surface area contributed by atoms with Gasteiger partial charge in [0, 0.05) is 0 Å². The third-order valence-electron chi connectivity index (χ3n) is 2.57. The highest BCUT2D eigenvalue weighted by Gasteiger charge is 2.50. The van der Waals surface area contributed by atoms with Gasteiger partial charge in [0.2, 0.25) is 5.90 Å². The monoisotopic (exact) mass is 323 g/mol. The van der Waals surface area contributed by atoms with E-state index in [4.69, 9.17) is 4.74 Å². The third-order valence-corrected chi connectivity index (χ3v) is 3.51. The molecule has 21 heavy (non-hydrogen) atoms. The van der Waals surface area contributed by atoms with E-state index in [-0.39, 0.29) is 11.3 Å². The lowest BCUT2D eigenvalue weighted by Crippen LogP contribution is -2.36. The van der Waals surface area contributed by atoms with Crippen LogP contribution in [-0.2, 0) is 14.3 Å². The van der Waals surface area contributed by atoms with E-state index in [1.165, 1.54) is 19.9 Å². The number of aliphatic imine (C=N–C) groups is 1. The number of fused-ring (bicyclic) bond motifs is 1. The Morgan fingerprint density at radius 1 is 1.29 bits per heavy atom. The van der Waals surface area contributed by atoms with Crippen LogP contribution in [0.25, 0.3) is 0 Å². The Balaban J connectivity index is 2.50. The zero-order valence-corrected chi connectivity index (χ0v) is 12.2. The molecule has 0 amide bonds. The number of hydrogen-bond acceptors (Lipinski definition) is 5. The van der Waals surface area contributed by atoms with Crippen molar-refractivity contribution in [3.05, 3.63) is 29.3 Å². The Kier molecular flexibility index (Phi) is 3.43. The zero-order chi connectivity index (χ0) is 16.1. The van der Waals surface area contributed by atoms with Crippen molar-refractivity contribution >= 4 is 16.0 Å². The van der Waals surface area contributed by atoms with E-state index in [1.807, 2.05) is 0 Å². The molecular weight excluding hydrogens is 311 g/mol. The molecule has 1 aliphatic heterocycles. The van der Waals surface area contributed by atoms with Crippen LogP contribution in [-0.4, -0.2) is 25.5 Å². The van der Waals surface area contributed by atoms with Gasteiger partial charge in [-0.2, -0.15) is 21.6 Å². The number of nitrogens with zero attached hydrogens (tertiary/aromatic N) is 1. The second-order valence-electron chi connectivity index (χ2n) is 4.95. The minimum atomic E-state index is -5.79. The first kappa shape index (κ1) is 15.6. The molecule has 0 atom stereocenters. The molecule has 2 rings (SSSR count). The lowest BCUT2D eigenvalue weighted by molar-refractivity contribution is -0.0506. The second-order valence-corrected chi connectivity index (χ2v) is 6.49. The molecule has 0 N–H and O–H groups in total. The van der Waals surface area contributed by atoms with Gasteiger partial charge in [0.1, 0.15) is 5.75 Å². The maximum Gasteiger partial charge on any atom is 0.534 e. The van der Waals surface area contributed by atoms with Crippen LogP contribution in [0.4, 0.5) is 13.2 Å². The molecule has 1 aromatic carbocycles. The van der Waals surface area contributed by atoms with Gasteiger partial charge in [-0.15, -0.1) is 0 Å². The topological polar surface area (TPSA) is 65.0 Å². The third kappa shape index (κ3) is 3.12. The summed E-state index contributed by atoms with van der Waals surface area (Å²) < 4.78 is 69.2. The Morgan fingerprint density at radius 2 is 1.90 bits per heavy atom. The SMILES string of the molecule is Cc1ccc2c(c1)OC(C)(C)N=C2OS(=O)(=O)C(F)(F)F. The largest absolute Gasteiger partial charge is 0.534 e. The number of alkyl halides is 3. The van der Waals surface area contributed by atoms with Crippen LogP contribution in [0.1, 0.15) is 25.0 Å². The highest BCUT2D eigenvalue weighted by molar-refractivity contribution is 7.88. The molecule has 1 aliphatic rings. The normalized spacial score (nSPS) is 17.5. The van der Waals surface area contributed by atoms with Crippen molar-refractivity contribution < 1.29 is 30.5 Å². The maximum atomic E-state index is 12.4. The Labute approximate surface area is 119 Å². The molecule has 1 aromatic rings. The highest BCUT2D eigenvalue weighted by Crippen LogP contribution is 2.34. The van der Waals surface area contributed by atoms with Gasteiger partial charge < -0.3 is 8.92 Å². The average molecular weight is 323 g/mol. The lowest BCUT2D eigenvalue weighted by atomic mass is 10.1. The van der Waals surface area contributed by atoms with Gasteiger partial charge in [-0.25, -0.2) is 4.99 Å². The molecule has 0 fully saturated rings. The quantitative estimate of drug-likeness (QED) is 0.589. The summed E-state index contributed by atoms with van der Waals surface area (Å²) in [5, 5.41) is 0. The number of ether oxygens (including phenoxy) is 1. The number of halogens is 3. The molecule has 5 nitrogen and oxygen atoms in total. The Morgan fingerprint density at radius 3 is 2.48 bits per heavy atom. The number of benzene rings is 1. The first-order valence-corrected chi connectivity index (χ1v) is 7.23. The van der Waals surface area contributed by atoms with E-state index in [0.717, 1.165) is 5.56 Å². The molecule has 0 radical (unpaired) electrons. The minimum absolute atomic E-state index is 0.0488. The van der Waals surface area contributed by atoms with E-state index >= 15 is 0 Å². The van der Waals surface area contributed by atoms with Crippen LogP contribution in [0.3, 0.4) is 0 Å². The predicted octanol–water partition coefficient (Wildman–Crippen LogP) is 2.74. The van der Waals surface area contributed by atoms with Crippen molar-refractivity contribution in [1.82, 2.24) is 0 Å². The number of aryl methyl sites for hydroxylation is 1. The van der Waals surface area contributed by atoms with Gasteiger partial charge >= 0.3 is 15.6 Å². The summed E-state index contributed by atoms with van der Waals surface area (Å²) in [7, 11) is -5.79. The molecule has 9 heteroatoms. The predicted molar refractivity (Wildman–Crippen MR) is 68.5 cm³/mol. The van der Waals surface area contributed by atoms with E-state index in [0.29, 0.717) is 0 Å². The van der Waals surface area contributed by atoms with Gasteiger partial charge in [-0.05, 0) is 38.5 Å². The van der Waals surface area contributed by atoms with Gasteiger partial charge in [-0.3, -0.25) is 0 Å². The molecule has 0 spiro atoms. The first-order valence-electron chi connectivity index (χ1n) is 5.82. The minimum Gasteiger partial charge on any atom is -0.466 e. The molecule has 1 heterocycles. The van der Waals surface area contributed by atoms with Crippen molar-refractivity contribution in [1.29, 1.82) is 0 Å². The number of rotatable bonds is 1. The van der Waals surface area contributed by atoms with Gasteiger partial charge in [0.25, 0.3) is 0 Å². The zero-order valence-electron chi connectivity index (χ0n) is 11.4. The molecule has 0 unspecified atom stereocenters. The van der Waals surface area contributed by atoms with Crippen LogP contribution in [0.2, 0.25) is 0 Å². The van der Waals surface area contributed by atoms with E-state index in [1.54, 1.807) is 19.1 Å². The van der Waals surface area contributed by atoms with Crippen LogP contribution < -0.4 is 4.74 Å². The lowest BCUT2D eigenvalue weighted by Gasteiger charge is -2.29. The molecule has 0 aliphatic carbocycles. The summed E-state index contributed by atoms with van der Waals surface area (Å²) in [6, 6.07) is 4.54. The molecule has 0 saturated heterocycles. The molecule has 116 valence electrons. The fourth-order valence-electron chi connectivity index (χ4n) is 1.70. The van der Waals surface area contributed by atoms with E-state index < -0.39 is 27.2 Å². The smallest absolute Gasteiger partial charge is 0.466 e. The van der Waals surface area contributed by atoms with Crippen molar-refractivity contribution in [3.63, 3.8) is 0 Å². The van der Waals surface area contributed by atoms with Gasteiger partial charge in [0.15, 0.2) is 5.72 Å². The van der Waals surface area contributed by atoms with Crippen LogP contribution in [0, 0.1) is 6.92 Å². The Hall–Kier alpha value is -1.77. The van der Waals surface area contributed by atoms with Crippen molar-refractivity contribution in [2.75, 3.05) is 0 Å². The van der Waals surface area contributed by atoms with Crippen molar-refractivity contribution in [2.24, 2.45) is 4.99 Å². The second kappa shape index (κ2) is 4.62. The standard InChI is InChI=1S/C12H12F3NO4S/c1-7-4-5-8-9(6-7)19-11(2,3)16-10(8)20-21(17,18)12(13,14)15/h4-6H,1-3H3.